The zero-order valence-electron chi connectivity index (χ0n) is 15.6. The van der Waals surface area contributed by atoms with E-state index in [4.69, 9.17) is 14.3 Å². The Bertz CT molecular complexity index is 704. The molecule has 0 radical (unpaired) electrons. The van der Waals surface area contributed by atoms with Crippen LogP contribution in [0.2, 0.25) is 0 Å². The average molecular weight is 349 g/mol. The van der Waals surface area contributed by atoms with E-state index in [0.29, 0.717) is 24.1 Å². The fourth-order valence-corrected chi connectivity index (χ4v) is 2.10. The lowest BCUT2D eigenvalue weighted by atomic mass is 9.93. The number of carbonyl (C=O) groups is 1. The Hall–Kier alpha value is -2.15. The predicted molar refractivity (Wildman–Crippen MR) is 94.2 cm³/mol. The van der Waals surface area contributed by atoms with Gasteiger partial charge in [0.2, 0.25) is 0 Å². The molecular weight excluding hydrogens is 322 g/mol. The Morgan fingerprint density at radius 1 is 1.08 bits per heavy atom. The molecule has 0 aliphatic heterocycles. The Morgan fingerprint density at radius 3 is 2.52 bits per heavy atom. The number of fused-ring (bicyclic) bond motifs is 1. The van der Waals surface area contributed by atoms with Crippen LogP contribution < -0.4 is 4.84 Å². The largest absolute Gasteiger partial charge is 0.535 e. The van der Waals surface area contributed by atoms with E-state index < -0.39 is 6.16 Å². The molecule has 1 aromatic heterocycles. The van der Waals surface area contributed by atoms with Gasteiger partial charge in [0.1, 0.15) is 11.0 Å². The molecule has 0 spiro atoms. The first-order valence-corrected chi connectivity index (χ1v) is 8.46. The van der Waals surface area contributed by atoms with Crippen molar-refractivity contribution in [1.29, 1.82) is 0 Å². The van der Waals surface area contributed by atoms with E-state index in [1.165, 1.54) is 0 Å². The van der Waals surface area contributed by atoms with Crippen LogP contribution in [-0.4, -0.2) is 40.1 Å². The lowest BCUT2D eigenvalue weighted by Crippen LogP contribution is -2.30. The third kappa shape index (κ3) is 6.34. The molecule has 0 aliphatic carbocycles. The molecule has 7 nitrogen and oxygen atoms in total. The molecule has 0 saturated carbocycles. The highest BCUT2D eigenvalue weighted by Gasteiger charge is 2.21. The molecule has 0 N–H and O–H groups in total. The van der Waals surface area contributed by atoms with Gasteiger partial charge in [-0.1, -0.05) is 37.7 Å². The number of hydrogen-bond donors (Lipinski definition) is 0. The lowest BCUT2D eigenvalue weighted by molar-refractivity contribution is -0.0473. The summed E-state index contributed by atoms with van der Waals surface area (Å²) in [4.78, 5) is 17.9. The van der Waals surface area contributed by atoms with Gasteiger partial charge < -0.3 is 9.47 Å². The number of ether oxygens (including phenoxy) is 2. The summed E-state index contributed by atoms with van der Waals surface area (Å²) < 4.78 is 11.0. The van der Waals surface area contributed by atoms with Gasteiger partial charge in [-0.05, 0) is 43.0 Å². The fraction of sp³-hybridized carbons (Fsp3) is 0.611. The predicted octanol–water partition coefficient (Wildman–Crippen LogP) is 3.62. The number of nitrogens with zero attached hydrogens (tertiary/aromatic N) is 3. The van der Waals surface area contributed by atoms with Gasteiger partial charge in [0.05, 0.1) is 12.2 Å². The first kappa shape index (κ1) is 19.2. The molecule has 2 aromatic rings. The number of benzene rings is 1. The molecule has 0 bridgehead atoms. The van der Waals surface area contributed by atoms with E-state index in [1.807, 2.05) is 26.0 Å². The molecule has 0 aliphatic rings. The Morgan fingerprint density at radius 2 is 1.80 bits per heavy atom. The van der Waals surface area contributed by atoms with Crippen LogP contribution in [0.15, 0.2) is 24.3 Å². The normalized spacial score (nSPS) is 12.4. The van der Waals surface area contributed by atoms with Crippen molar-refractivity contribution in [2.75, 3.05) is 13.2 Å². The Kier molecular flexibility index (Phi) is 6.00. The van der Waals surface area contributed by atoms with Gasteiger partial charge in [-0.2, -0.15) is 0 Å². The lowest BCUT2D eigenvalue weighted by Gasteiger charge is -2.27. The highest BCUT2D eigenvalue weighted by molar-refractivity contribution is 5.74. The summed E-state index contributed by atoms with van der Waals surface area (Å²) in [6.45, 7) is 11.4. The van der Waals surface area contributed by atoms with Crippen LogP contribution in [0.4, 0.5) is 4.79 Å². The van der Waals surface area contributed by atoms with E-state index in [-0.39, 0.29) is 17.6 Å². The second-order valence-electron chi connectivity index (χ2n) is 7.81. The van der Waals surface area contributed by atoms with Crippen LogP contribution in [0, 0.1) is 5.41 Å². The van der Waals surface area contributed by atoms with E-state index in [2.05, 4.69) is 31.1 Å². The fourth-order valence-electron chi connectivity index (χ4n) is 2.10. The minimum atomic E-state index is -0.818. The van der Waals surface area contributed by atoms with Gasteiger partial charge in [-0.15, -0.1) is 5.10 Å². The minimum Gasteiger partial charge on any atom is -0.433 e. The molecular formula is C18H27N3O4. The van der Waals surface area contributed by atoms with Crippen LogP contribution in [0.5, 0.6) is 0 Å². The minimum absolute atomic E-state index is 0.202. The number of carbonyl (C=O) groups excluding carboxylic acids is 1. The third-order valence-corrected chi connectivity index (χ3v) is 3.75. The summed E-state index contributed by atoms with van der Waals surface area (Å²) in [5, 5.41) is 7.68. The van der Waals surface area contributed by atoms with Crippen molar-refractivity contribution in [3.8, 4) is 0 Å². The number of hydrogen-bond acceptors (Lipinski definition) is 6. The topological polar surface area (TPSA) is 75.5 Å². The van der Waals surface area contributed by atoms with Crippen molar-refractivity contribution >= 4 is 17.2 Å². The Labute approximate surface area is 148 Å². The van der Waals surface area contributed by atoms with E-state index >= 15 is 0 Å². The number of aromatic nitrogens is 3. The smallest absolute Gasteiger partial charge is 0.433 e. The number of para-hydroxylation sites is 1. The van der Waals surface area contributed by atoms with Crippen molar-refractivity contribution in [2.24, 2.45) is 5.41 Å². The summed E-state index contributed by atoms with van der Waals surface area (Å²) in [5.74, 6) is 0. The maximum absolute atomic E-state index is 11.8. The zero-order chi connectivity index (χ0) is 18.5. The van der Waals surface area contributed by atoms with Gasteiger partial charge in [-0.3, -0.25) is 4.84 Å². The standard InChI is InChI=1S/C18H27N3O4/c1-17(2,3)10-13-24-18(4,5)11-12-23-16(22)25-21-15-9-7-6-8-14(15)19-20-21/h6-9H,10-13H2,1-5H3. The monoisotopic (exact) mass is 349 g/mol. The highest BCUT2D eigenvalue weighted by Crippen LogP contribution is 2.21. The van der Waals surface area contributed by atoms with Crippen LogP contribution in [-0.2, 0) is 9.47 Å². The van der Waals surface area contributed by atoms with Crippen molar-refractivity contribution in [3.63, 3.8) is 0 Å². The second kappa shape index (κ2) is 7.82. The zero-order valence-corrected chi connectivity index (χ0v) is 15.6. The van der Waals surface area contributed by atoms with Gasteiger partial charge >= 0.3 is 6.16 Å². The van der Waals surface area contributed by atoms with E-state index in [0.717, 1.165) is 11.3 Å². The molecule has 0 unspecified atom stereocenters. The summed E-state index contributed by atoms with van der Waals surface area (Å²) >= 11 is 0. The maximum atomic E-state index is 11.8. The summed E-state index contributed by atoms with van der Waals surface area (Å²) in [6.07, 6.45) is 0.726. The maximum Gasteiger partial charge on any atom is 0.535 e. The molecule has 0 fully saturated rings. The van der Waals surface area contributed by atoms with Gasteiger partial charge in [-0.25, -0.2) is 4.79 Å². The quantitative estimate of drug-likeness (QED) is 0.561. The summed E-state index contributed by atoms with van der Waals surface area (Å²) in [6, 6.07) is 7.19. The van der Waals surface area contributed by atoms with Crippen molar-refractivity contribution in [3.05, 3.63) is 24.3 Å². The molecule has 2 rings (SSSR count). The van der Waals surface area contributed by atoms with E-state index in [9.17, 15) is 4.79 Å². The van der Waals surface area contributed by atoms with Crippen LogP contribution in [0.25, 0.3) is 11.0 Å². The number of rotatable bonds is 7. The van der Waals surface area contributed by atoms with Crippen LogP contribution in [0.1, 0.15) is 47.5 Å². The molecule has 1 heterocycles. The van der Waals surface area contributed by atoms with Crippen molar-refractivity contribution in [2.45, 2.75) is 53.1 Å². The van der Waals surface area contributed by atoms with Gasteiger partial charge in [0, 0.05) is 13.0 Å². The summed E-state index contributed by atoms with van der Waals surface area (Å²) in [5.41, 5.74) is 1.11. The first-order valence-electron chi connectivity index (χ1n) is 8.46. The van der Waals surface area contributed by atoms with Crippen LogP contribution >= 0.6 is 0 Å². The Balaban J connectivity index is 1.74. The SMILES string of the molecule is CC(C)(C)CCOC(C)(C)CCOC(=O)On1nnc2ccccc21. The van der Waals surface area contributed by atoms with Gasteiger partial charge in [0.25, 0.3) is 0 Å². The molecule has 1 aromatic carbocycles. The molecule has 0 saturated heterocycles. The van der Waals surface area contributed by atoms with Crippen molar-refractivity contribution < 1.29 is 19.1 Å². The molecule has 0 amide bonds. The molecule has 0 atom stereocenters. The molecule has 25 heavy (non-hydrogen) atoms. The first-order chi connectivity index (χ1) is 11.7. The van der Waals surface area contributed by atoms with Crippen LogP contribution in [0.3, 0.4) is 0 Å². The van der Waals surface area contributed by atoms with Crippen molar-refractivity contribution in [1.82, 2.24) is 15.2 Å². The summed E-state index contributed by atoms with van der Waals surface area (Å²) in [7, 11) is 0. The molecule has 7 heteroatoms. The van der Waals surface area contributed by atoms with E-state index in [1.54, 1.807) is 12.1 Å². The average Bonchev–Trinajstić information content (AvgIpc) is 2.89. The second-order valence-corrected chi connectivity index (χ2v) is 7.81. The van der Waals surface area contributed by atoms with Gasteiger partial charge in [0.15, 0.2) is 0 Å². The molecule has 138 valence electrons. The third-order valence-electron chi connectivity index (χ3n) is 3.75. The highest BCUT2D eigenvalue weighted by atomic mass is 16.8.